The van der Waals surface area contributed by atoms with Gasteiger partial charge in [0.1, 0.15) is 5.82 Å². The Morgan fingerprint density at radius 2 is 2.00 bits per heavy atom. The van der Waals surface area contributed by atoms with E-state index in [2.05, 4.69) is 26.1 Å². The second-order valence-electron chi connectivity index (χ2n) is 8.55. The smallest absolute Gasteiger partial charge is 0.409 e. The minimum Gasteiger partial charge on any atom is -0.481 e. The Bertz CT molecular complexity index is 768. The zero-order valence-corrected chi connectivity index (χ0v) is 18.4. The van der Waals surface area contributed by atoms with E-state index in [4.69, 9.17) is 14.5 Å². The molecular formula is C20H33N7O4. The normalized spacial score (nSPS) is 30.1. The molecule has 1 aromatic rings. The van der Waals surface area contributed by atoms with Crippen molar-refractivity contribution in [2.24, 2.45) is 0 Å². The van der Waals surface area contributed by atoms with Gasteiger partial charge in [-0.2, -0.15) is 9.97 Å². The van der Waals surface area contributed by atoms with Crippen LogP contribution in [0.5, 0.6) is 5.88 Å². The van der Waals surface area contributed by atoms with Gasteiger partial charge in [-0.15, -0.1) is 0 Å². The number of nitrogens with zero attached hydrogens (tertiary/aromatic N) is 4. The van der Waals surface area contributed by atoms with Crippen LogP contribution in [0, 0.1) is 0 Å². The topological polar surface area (TPSA) is 124 Å². The first-order valence-corrected chi connectivity index (χ1v) is 10.9. The Morgan fingerprint density at radius 1 is 1.26 bits per heavy atom. The summed E-state index contributed by atoms with van der Waals surface area (Å²) < 4.78 is 10.4. The number of aliphatic hydroxyl groups is 1. The van der Waals surface area contributed by atoms with Gasteiger partial charge in [-0.1, -0.05) is 0 Å². The van der Waals surface area contributed by atoms with Crippen LogP contribution in [0.4, 0.5) is 16.6 Å². The van der Waals surface area contributed by atoms with Crippen molar-refractivity contribution in [1.82, 2.24) is 25.7 Å². The van der Waals surface area contributed by atoms with Crippen LogP contribution in [0.3, 0.4) is 0 Å². The number of hydrogen-bond donors (Lipinski definition) is 4. The number of methoxy groups -OCH3 is 2. The number of hydrogen-bond acceptors (Lipinski definition) is 10. The average molecular weight is 436 g/mol. The van der Waals surface area contributed by atoms with Crippen molar-refractivity contribution in [1.29, 1.82) is 0 Å². The van der Waals surface area contributed by atoms with Crippen molar-refractivity contribution in [2.75, 3.05) is 38.1 Å². The number of fused-ring (bicyclic) bond motifs is 2. The molecule has 3 aliphatic heterocycles. The molecule has 4 rings (SSSR count). The van der Waals surface area contributed by atoms with E-state index in [1.54, 1.807) is 13.2 Å². The van der Waals surface area contributed by atoms with Gasteiger partial charge in [0.15, 0.2) is 0 Å². The first kappa shape index (κ1) is 21.8. The summed E-state index contributed by atoms with van der Waals surface area (Å²) in [6, 6.07) is 2.35. The molecule has 3 unspecified atom stereocenters. The molecule has 3 fully saturated rings. The summed E-state index contributed by atoms with van der Waals surface area (Å²) >= 11 is 0. The number of aromatic nitrogens is 2. The van der Waals surface area contributed by atoms with Crippen LogP contribution in [0.2, 0.25) is 0 Å². The SMILES string of the molecule is COC(=O)N1[C@@H]2CCC[C@H]1CC(N(C)c1nc(NC3CC(CO)NN3)cc(OC)n1)C2. The van der Waals surface area contributed by atoms with Crippen molar-refractivity contribution in [3.8, 4) is 5.88 Å². The third-order valence-electron chi connectivity index (χ3n) is 6.62. The molecule has 0 spiro atoms. The molecule has 1 aromatic heterocycles. The highest BCUT2D eigenvalue weighted by Gasteiger charge is 2.43. The maximum absolute atomic E-state index is 12.3. The second kappa shape index (κ2) is 9.41. The summed E-state index contributed by atoms with van der Waals surface area (Å²) in [5.41, 5.74) is 6.16. The Hall–Kier alpha value is -2.37. The fourth-order valence-electron chi connectivity index (χ4n) is 5.00. The predicted octanol–water partition coefficient (Wildman–Crippen LogP) is 0.670. The van der Waals surface area contributed by atoms with Crippen LogP contribution >= 0.6 is 0 Å². The second-order valence-corrected chi connectivity index (χ2v) is 8.55. The molecule has 3 saturated heterocycles. The molecule has 4 heterocycles. The molecule has 3 aliphatic rings. The van der Waals surface area contributed by atoms with Gasteiger partial charge in [-0.05, 0) is 32.1 Å². The number of nitrogens with one attached hydrogen (secondary N) is 3. The zero-order valence-electron chi connectivity index (χ0n) is 18.4. The van der Waals surface area contributed by atoms with Crippen LogP contribution in [0.1, 0.15) is 38.5 Å². The van der Waals surface area contributed by atoms with E-state index >= 15 is 0 Å². The Balaban J connectivity index is 1.49. The Kier molecular flexibility index (Phi) is 6.63. The molecular weight excluding hydrogens is 402 g/mol. The number of amides is 1. The number of hydrazine groups is 1. The highest BCUT2D eigenvalue weighted by atomic mass is 16.5. The highest BCUT2D eigenvalue weighted by Crippen LogP contribution is 2.37. The molecule has 0 aliphatic carbocycles. The monoisotopic (exact) mass is 435 g/mol. The van der Waals surface area contributed by atoms with Crippen molar-refractivity contribution in [3.63, 3.8) is 0 Å². The van der Waals surface area contributed by atoms with Crippen LogP contribution in [-0.2, 0) is 4.74 Å². The Morgan fingerprint density at radius 3 is 2.61 bits per heavy atom. The Labute approximate surface area is 182 Å². The standard InChI is InChI=1S/C20H33N7O4/c1-26(15-8-13-5-4-6-14(9-15)27(13)20(29)31-3)19-22-16(10-18(23-19)30-2)21-17-7-12(11-28)24-25-17/h10,12-15,17,24-25,28H,4-9,11H2,1-3H3,(H,21,22,23)/t12?,13-,14+,15?,17?. The lowest BCUT2D eigenvalue weighted by molar-refractivity contribution is 0.0260. The zero-order chi connectivity index (χ0) is 22.0. The third kappa shape index (κ3) is 4.63. The van der Waals surface area contributed by atoms with Crippen molar-refractivity contribution in [3.05, 3.63) is 6.07 Å². The molecule has 31 heavy (non-hydrogen) atoms. The number of ether oxygens (including phenoxy) is 2. The molecule has 11 nitrogen and oxygen atoms in total. The first-order chi connectivity index (χ1) is 15.0. The molecule has 0 saturated carbocycles. The lowest BCUT2D eigenvalue weighted by Gasteiger charge is -2.49. The molecule has 4 N–H and O–H groups in total. The summed E-state index contributed by atoms with van der Waals surface area (Å²) in [4.78, 5) is 25.6. The third-order valence-corrected chi connectivity index (χ3v) is 6.62. The van der Waals surface area contributed by atoms with Crippen molar-refractivity contribution >= 4 is 17.9 Å². The van der Waals surface area contributed by atoms with Crippen LogP contribution in [-0.4, -0.2) is 84.3 Å². The van der Waals surface area contributed by atoms with Gasteiger partial charge in [0.25, 0.3) is 0 Å². The van der Waals surface area contributed by atoms with E-state index in [1.165, 1.54) is 7.11 Å². The van der Waals surface area contributed by atoms with Crippen molar-refractivity contribution in [2.45, 2.75) is 68.9 Å². The van der Waals surface area contributed by atoms with Crippen LogP contribution in [0.15, 0.2) is 6.07 Å². The molecule has 172 valence electrons. The summed E-state index contributed by atoms with van der Waals surface area (Å²) in [5.74, 6) is 1.72. The van der Waals surface area contributed by atoms with E-state index in [1.807, 2.05) is 11.9 Å². The van der Waals surface area contributed by atoms with Gasteiger partial charge in [-0.3, -0.25) is 5.43 Å². The summed E-state index contributed by atoms with van der Waals surface area (Å²) in [6.07, 6.45) is 5.29. The number of aliphatic hydroxyl groups excluding tert-OH is 1. The summed E-state index contributed by atoms with van der Waals surface area (Å²) in [7, 11) is 5.04. The largest absolute Gasteiger partial charge is 0.481 e. The van der Waals surface area contributed by atoms with Gasteiger partial charge >= 0.3 is 6.09 Å². The number of carbonyl (C=O) groups is 1. The van der Waals surface area contributed by atoms with Crippen LogP contribution in [0.25, 0.3) is 0 Å². The van der Waals surface area contributed by atoms with Gasteiger partial charge in [-0.25, -0.2) is 10.2 Å². The summed E-state index contributed by atoms with van der Waals surface area (Å²) in [6.45, 7) is 0.0683. The summed E-state index contributed by atoms with van der Waals surface area (Å²) in [5, 5.41) is 12.7. The minimum atomic E-state index is -0.223. The fourth-order valence-corrected chi connectivity index (χ4v) is 5.00. The van der Waals surface area contributed by atoms with E-state index in [0.29, 0.717) is 17.6 Å². The number of carbonyl (C=O) groups excluding carboxylic acids is 1. The molecule has 1 amide bonds. The highest BCUT2D eigenvalue weighted by molar-refractivity contribution is 5.68. The van der Waals surface area contributed by atoms with Gasteiger partial charge in [0.2, 0.25) is 11.8 Å². The fraction of sp³-hybridized carbons (Fsp3) is 0.750. The molecule has 2 bridgehead atoms. The first-order valence-electron chi connectivity index (χ1n) is 10.9. The van der Waals surface area contributed by atoms with Gasteiger partial charge < -0.3 is 29.7 Å². The van der Waals surface area contributed by atoms with E-state index < -0.39 is 0 Å². The average Bonchev–Trinajstić information content (AvgIpc) is 3.24. The van der Waals surface area contributed by atoms with Crippen molar-refractivity contribution < 1.29 is 19.4 Å². The lowest BCUT2D eigenvalue weighted by Crippen LogP contribution is -2.58. The maximum Gasteiger partial charge on any atom is 0.409 e. The minimum absolute atomic E-state index is 0.00258. The number of rotatable bonds is 6. The van der Waals surface area contributed by atoms with E-state index in [0.717, 1.165) is 38.5 Å². The van der Waals surface area contributed by atoms with E-state index in [-0.39, 0.29) is 43.0 Å². The number of anilines is 2. The van der Waals surface area contributed by atoms with Gasteiger partial charge in [0.05, 0.1) is 27.0 Å². The van der Waals surface area contributed by atoms with E-state index in [9.17, 15) is 9.90 Å². The molecule has 11 heteroatoms. The molecule has 0 radical (unpaired) electrons. The maximum atomic E-state index is 12.3. The quantitative estimate of drug-likeness (QED) is 0.507. The van der Waals surface area contributed by atoms with Gasteiger partial charge in [0, 0.05) is 43.7 Å². The molecule has 5 atom stereocenters. The van der Waals surface area contributed by atoms with Crippen LogP contribution < -0.4 is 25.8 Å². The lowest BCUT2D eigenvalue weighted by atomic mass is 9.81. The predicted molar refractivity (Wildman–Crippen MR) is 115 cm³/mol. The number of piperidine rings is 2. The molecule has 0 aromatic carbocycles.